The van der Waals surface area contributed by atoms with Crippen molar-refractivity contribution in [2.75, 3.05) is 13.1 Å². The molecule has 0 aliphatic carbocycles. The van der Waals surface area contributed by atoms with Gasteiger partial charge in [0.15, 0.2) is 5.89 Å². The predicted octanol–water partition coefficient (Wildman–Crippen LogP) is 2.16. The minimum atomic E-state index is -4.43. The first-order valence-electron chi connectivity index (χ1n) is 4.81. The van der Waals surface area contributed by atoms with Crippen LogP contribution in [0.3, 0.4) is 0 Å². The highest BCUT2D eigenvalue weighted by atomic mass is 19.4. The molecule has 0 unspecified atom stereocenters. The van der Waals surface area contributed by atoms with Crippen LogP contribution in [-0.2, 0) is 6.18 Å². The standard InChI is InChI=1S/C9H11F3N2O/c10-9(11,12)7-5-14-8(15-7)6-1-3-13-4-2-6/h5-6,13H,1-4H2. The molecule has 0 atom stereocenters. The molecule has 1 aliphatic rings. The lowest BCUT2D eigenvalue weighted by Crippen LogP contribution is -2.26. The zero-order valence-corrected chi connectivity index (χ0v) is 7.97. The number of hydrogen-bond donors (Lipinski definition) is 1. The first-order valence-corrected chi connectivity index (χ1v) is 4.81. The molecule has 0 saturated carbocycles. The Hall–Kier alpha value is -1.04. The van der Waals surface area contributed by atoms with E-state index in [2.05, 4.69) is 10.3 Å². The summed E-state index contributed by atoms with van der Waals surface area (Å²) in [6.45, 7) is 1.60. The van der Waals surface area contributed by atoms with Crippen molar-refractivity contribution in [2.45, 2.75) is 24.9 Å². The molecule has 84 valence electrons. The molecule has 0 radical (unpaired) electrons. The molecule has 1 N–H and O–H groups in total. The molecule has 2 heterocycles. The zero-order chi connectivity index (χ0) is 10.9. The van der Waals surface area contributed by atoms with E-state index in [0.29, 0.717) is 0 Å². The fourth-order valence-electron chi connectivity index (χ4n) is 1.68. The highest BCUT2D eigenvalue weighted by molar-refractivity contribution is 5.03. The maximum absolute atomic E-state index is 12.2. The van der Waals surface area contributed by atoms with E-state index in [-0.39, 0.29) is 11.8 Å². The molecule has 1 fully saturated rings. The Morgan fingerprint density at radius 3 is 2.53 bits per heavy atom. The van der Waals surface area contributed by atoms with E-state index in [1.54, 1.807) is 0 Å². The molecular weight excluding hydrogens is 209 g/mol. The Balaban J connectivity index is 2.12. The molecule has 0 aromatic carbocycles. The molecule has 15 heavy (non-hydrogen) atoms. The van der Waals surface area contributed by atoms with Gasteiger partial charge in [0.05, 0.1) is 6.20 Å². The molecule has 1 aromatic rings. The summed E-state index contributed by atoms with van der Waals surface area (Å²) in [6, 6.07) is 0. The van der Waals surface area contributed by atoms with Gasteiger partial charge in [-0.2, -0.15) is 13.2 Å². The van der Waals surface area contributed by atoms with Gasteiger partial charge in [-0.15, -0.1) is 0 Å². The van der Waals surface area contributed by atoms with Crippen molar-refractivity contribution in [3.63, 3.8) is 0 Å². The summed E-state index contributed by atoms with van der Waals surface area (Å²) in [5.41, 5.74) is 0. The van der Waals surface area contributed by atoms with Gasteiger partial charge in [0.1, 0.15) is 0 Å². The molecule has 1 saturated heterocycles. The van der Waals surface area contributed by atoms with Crippen LogP contribution >= 0.6 is 0 Å². The van der Waals surface area contributed by atoms with E-state index in [4.69, 9.17) is 4.42 Å². The topological polar surface area (TPSA) is 38.1 Å². The van der Waals surface area contributed by atoms with Crippen molar-refractivity contribution in [2.24, 2.45) is 0 Å². The molecule has 0 bridgehead atoms. The van der Waals surface area contributed by atoms with E-state index in [1.807, 2.05) is 0 Å². The Morgan fingerprint density at radius 1 is 1.33 bits per heavy atom. The van der Waals surface area contributed by atoms with Crippen LogP contribution in [0.2, 0.25) is 0 Å². The van der Waals surface area contributed by atoms with E-state index >= 15 is 0 Å². The van der Waals surface area contributed by atoms with Gasteiger partial charge in [-0.25, -0.2) is 4.98 Å². The number of aromatic nitrogens is 1. The molecule has 6 heteroatoms. The number of alkyl halides is 3. The fraction of sp³-hybridized carbons (Fsp3) is 0.667. The van der Waals surface area contributed by atoms with Crippen molar-refractivity contribution < 1.29 is 17.6 Å². The van der Waals surface area contributed by atoms with E-state index in [1.165, 1.54) is 0 Å². The SMILES string of the molecule is FC(F)(F)c1cnc(C2CCNCC2)o1. The van der Waals surface area contributed by atoms with Gasteiger partial charge in [-0.05, 0) is 25.9 Å². The summed E-state index contributed by atoms with van der Waals surface area (Å²) in [4.78, 5) is 3.69. The Bertz CT molecular complexity index is 328. The van der Waals surface area contributed by atoms with Gasteiger partial charge >= 0.3 is 6.18 Å². The molecular formula is C9H11F3N2O. The van der Waals surface area contributed by atoms with E-state index < -0.39 is 11.9 Å². The second kappa shape index (κ2) is 3.84. The van der Waals surface area contributed by atoms with Crippen LogP contribution in [0, 0.1) is 0 Å². The smallest absolute Gasteiger partial charge is 0.436 e. The first-order chi connectivity index (χ1) is 7.07. The van der Waals surface area contributed by atoms with Crippen LogP contribution in [0.5, 0.6) is 0 Å². The van der Waals surface area contributed by atoms with Gasteiger partial charge in [0.2, 0.25) is 5.76 Å². The Kier molecular flexibility index (Phi) is 2.68. The lowest BCUT2D eigenvalue weighted by atomic mass is 9.98. The van der Waals surface area contributed by atoms with Crippen LogP contribution in [-0.4, -0.2) is 18.1 Å². The summed E-state index contributed by atoms with van der Waals surface area (Å²) in [5, 5.41) is 3.13. The number of piperidine rings is 1. The summed E-state index contributed by atoms with van der Waals surface area (Å²) < 4.78 is 41.4. The second-order valence-electron chi connectivity index (χ2n) is 3.58. The molecule has 1 aromatic heterocycles. The van der Waals surface area contributed by atoms with E-state index in [0.717, 1.165) is 32.1 Å². The average Bonchev–Trinajstić information content (AvgIpc) is 2.67. The van der Waals surface area contributed by atoms with Crippen molar-refractivity contribution >= 4 is 0 Å². The van der Waals surface area contributed by atoms with Crippen molar-refractivity contribution in [1.29, 1.82) is 0 Å². The first kappa shape index (κ1) is 10.5. The van der Waals surface area contributed by atoms with Crippen LogP contribution in [0.25, 0.3) is 0 Å². The maximum atomic E-state index is 12.2. The summed E-state index contributed by atoms with van der Waals surface area (Å²) >= 11 is 0. The Morgan fingerprint density at radius 2 is 2.00 bits per heavy atom. The minimum absolute atomic E-state index is 0.0161. The largest absolute Gasteiger partial charge is 0.451 e. The molecule has 0 amide bonds. The monoisotopic (exact) mass is 220 g/mol. The number of nitrogens with zero attached hydrogens (tertiary/aromatic N) is 1. The van der Waals surface area contributed by atoms with Crippen LogP contribution in [0.15, 0.2) is 10.6 Å². The average molecular weight is 220 g/mol. The Labute approximate surface area is 84.7 Å². The number of oxazole rings is 1. The predicted molar refractivity (Wildman–Crippen MR) is 46.3 cm³/mol. The number of rotatable bonds is 1. The fourth-order valence-corrected chi connectivity index (χ4v) is 1.68. The third-order valence-corrected chi connectivity index (χ3v) is 2.49. The highest BCUT2D eigenvalue weighted by Gasteiger charge is 2.36. The minimum Gasteiger partial charge on any atom is -0.436 e. The summed E-state index contributed by atoms with van der Waals surface area (Å²) in [7, 11) is 0. The molecule has 0 spiro atoms. The molecule has 1 aliphatic heterocycles. The van der Waals surface area contributed by atoms with Crippen LogP contribution < -0.4 is 5.32 Å². The zero-order valence-electron chi connectivity index (χ0n) is 7.97. The quantitative estimate of drug-likeness (QED) is 0.788. The summed E-state index contributed by atoms with van der Waals surface area (Å²) in [5.74, 6) is -0.776. The van der Waals surface area contributed by atoms with Gasteiger partial charge in [0, 0.05) is 5.92 Å². The summed E-state index contributed by atoms with van der Waals surface area (Å²) in [6.07, 6.45) is -2.12. The third-order valence-electron chi connectivity index (χ3n) is 2.49. The van der Waals surface area contributed by atoms with Gasteiger partial charge in [-0.1, -0.05) is 0 Å². The lowest BCUT2D eigenvalue weighted by Gasteiger charge is -2.19. The van der Waals surface area contributed by atoms with Gasteiger partial charge < -0.3 is 9.73 Å². The number of halogens is 3. The van der Waals surface area contributed by atoms with E-state index in [9.17, 15) is 13.2 Å². The van der Waals surface area contributed by atoms with Crippen LogP contribution in [0.1, 0.15) is 30.4 Å². The van der Waals surface area contributed by atoms with Crippen molar-refractivity contribution in [3.05, 3.63) is 17.8 Å². The van der Waals surface area contributed by atoms with Crippen molar-refractivity contribution in [1.82, 2.24) is 10.3 Å². The number of hydrogen-bond acceptors (Lipinski definition) is 3. The normalized spacial score (nSPS) is 19.4. The van der Waals surface area contributed by atoms with Crippen molar-refractivity contribution in [3.8, 4) is 0 Å². The van der Waals surface area contributed by atoms with Crippen LogP contribution in [0.4, 0.5) is 13.2 Å². The molecule has 3 nitrogen and oxygen atoms in total. The number of nitrogens with one attached hydrogen (secondary N) is 1. The van der Waals surface area contributed by atoms with Gasteiger partial charge in [-0.3, -0.25) is 0 Å². The second-order valence-corrected chi connectivity index (χ2v) is 3.58. The maximum Gasteiger partial charge on any atom is 0.451 e. The highest BCUT2D eigenvalue weighted by Crippen LogP contribution is 2.32. The van der Waals surface area contributed by atoms with Gasteiger partial charge in [0.25, 0.3) is 0 Å². The lowest BCUT2D eigenvalue weighted by molar-refractivity contribution is -0.153. The third kappa shape index (κ3) is 2.31. The molecule has 2 rings (SSSR count).